The van der Waals surface area contributed by atoms with Gasteiger partial charge in [0, 0.05) is 24.7 Å². The number of carbonyl (C=O) groups excluding carboxylic acids is 1. The quantitative estimate of drug-likeness (QED) is 0.226. The van der Waals surface area contributed by atoms with E-state index in [1.54, 1.807) is 18.2 Å². The fourth-order valence-electron chi connectivity index (χ4n) is 5.48. The Hall–Kier alpha value is -3.54. The first kappa shape index (κ1) is 38.3. The van der Waals surface area contributed by atoms with Crippen LogP contribution in [0.25, 0.3) is 10.8 Å². The molecule has 0 aromatic heterocycles. The molecule has 10 nitrogen and oxygen atoms in total. The zero-order valence-electron chi connectivity index (χ0n) is 26.2. The molecule has 17 heteroatoms. The molecule has 0 unspecified atom stereocenters. The maximum Gasteiger partial charge on any atom is 0.490 e. The number of likely N-dealkylation sites (tertiary alicyclic amines) is 1. The minimum atomic E-state index is -5.08. The lowest BCUT2D eigenvalue weighted by molar-refractivity contribution is -0.192. The van der Waals surface area contributed by atoms with Crippen molar-refractivity contribution < 1.29 is 54.5 Å². The van der Waals surface area contributed by atoms with Crippen molar-refractivity contribution in [3.8, 4) is 11.5 Å². The third-order valence-electron chi connectivity index (χ3n) is 8.21. The fraction of sp³-hybridized carbons (Fsp3) is 0.438. The minimum Gasteiger partial charge on any atom is -0.496 e. The lowest BCUT2D eigenvalue weighted by Crippen LogP contribution is -2.58. The lowest BCUT2D eigenvalue weighted by atomic mass is 9.98. The third kappa shape index (κ3) is 9.58. The van der Waals surface area contributed by atoms with Crippen LogP contribution in [0.5, 0.6) is 11.5 Å². The predicted molar refractivity (Wildman–Crippen MR) is 173 cm³/mol. The van der Waals surface area contributed by atoms with Crippen LogP contribution in [0.4, 0.5) is 22.0 Å². The van der Waals surface area contributed by atoms with Crippen molar-refractivity contribution in [2.24, 2.45) is 5.73 Å². The van der Waals surface area contributed by atoms with E-state index in [9.17, 15) is 26.4 Å². The van der Waals surface area contributed by atoms with E-state index in [1.165, 1.54) is 30.2 Å². The number of ether oxygens (including phenoxy) is 2. The molecule has 0 spiro atoms. The first-order valence-electron chi connectivity index (χ1n) is 15.2. The second kappa shape index (κ2) is 15.6. The van der Waals surface area contributed by atoms with Gasteiger partial charge in [0.05, 0.1) is 22.6 Å². The zero-order valence-corrected chi connectivity index (χ0v) is 28.6. The van der Waals surface area contributed by atoms with Gasteiger partial charge in [-0.15, -0.1) is 0 Å². The Labute approximate surface area is 287 Å². The Bertz CT molecular complexity index is 1760. The highest BCUT2D eigenvalue weighted by Gasteiger charge is 2.50. The number of carboxylic acid groups (broad SMARTS) is 1. The van der Waals surface area contributed by atoms with E-state index >= 15 is 8.78 Å². The van der Waals surface area contributed by atoms with Gasteiger partial charge in [0.15, 0.2) is 6.04 Å². The zero-order chi connectivity index (χ0) is 36.1. The average Bonchev–Trinajstić information content (AvgIpc) is 3.56. The summed E-state index contributed by atoms with van der Waals surface area (Å²) in [6.07, 6.45) is 0.222. The van der Waals surface area contributed by atoms with E-state index in [-0.39, 0.29) is 35.9 Å². The van der Waals surface area contributed by atoms with Crippen LogP contribution in [-0.2, 0) is 25.5 Å². The van der Waals surface area contributed by atoms with Gasteiger partial charge >= 0.3 is 12.1 Å². The summed E-state index contributed by atoms with van der Waals surface area (Å²) in [7, 11) is -3.24. The second-order valence-corrected chi connectivity index (χ2v) is 14.3. The van der Waals surface area contributed by atoms with Gasteiger partial charge in [-0.2, -0.15) is 26.7 Å². The number of hydrogen-bond acceptors (Lipinski definition) is 7. The van der Waals surface area contributed by atoms with Crippen molar-refractivity contribution in [1.29, 1.82) is 0 Å². The van der Waals surface area contributed by atoms with Crippen LogP contribution >= 0.6 is 15.9 Å². The standard InChI is InChI=1S/C30H34BrF2N3O5S.C2HF3O2/c1-40-27-18-21(8-11-26(27)31)30(32,33)28(29(37)36-14-12-22(34)13-15-36)35-42(38,39)25-10-7-19-16-24(9-6-20(19)17-25)41-23-4-2-3-5-23;3-2(4,5)1(6)7/h6-11,16-18,22-23,28,35H,2-5,12-15,34H2,1H3;(H,6,7)/t28-;/m0./s1. The SMILES string of the molecule is COc1cc(C(F)(F)[C@@H](NS(=O)(=O)c2ccc3cc(OC4CCCC4)ccc3c2)C(=O)N2CCC(N)CC2)ccc1Br.O=C(O)C(F)(F)F. The number of nitrogens with zero attached hydrogens (tertiary/aromatic N) is 1. The van der Waals surface area contributed by atoms with E-state index in [2.05, 4.69) is 20.7 Å². The van der Waals surface area contributed by atoms with Crippen molar-refractivity contribution in [1.82, 2.24) is 9.62 Å². The Kier molecular flexibility index (Phi) is 12.2. The van der Waals surface area contributed by atoms with Crippen LogP contribution in [-0.4, -0.2) is 74.9 Å². The van der Waals surface area contributed by atoms with Gasteiger partial charge in [-0.1, -0.05) is 18.2 Å². The van der Waals surface area contributed by atoms with E-state index < -0.39 is 45.6 Å². The molecular formula is C32H35BrF5N3O7S. The highest BCUT2D eigenvalue weighted by molar-refractivity contribution is 9.10. The number of nitrogens with one attached hydrogen (secondary N) is 1. The molecule has 0 bridgehead atoms. The van der Waals surface area contributed by atoms with Crippen LogP contribution in [0, 0.1) is 0 Å². The highest BCUT2D eigenvalue weighted by atomic mass is 79.9. The normalized spacial score (nSPS) is 16.9. The first-order chi connectivity index (χ1) is 22.9. The van der Waals surface area contributed by atoms with E-state index in [0.29, 0.717) is 28.5 Å². The summed E-state index contributed by atoms with van der Waals surface area (Å²) < 4.78 is 105. The molecule has 49 heavy (non-hydrogen) atoms. The van der Waals surface area contributed by atoms with Gasteiger partial charge < -0.3 is 25.2 Å². The fourth-order valence-corrected chi connectivity index (χ4v) is 7.11. The van der Waals surface area contributed by atoms with Gasteiger partial charge in [-0.05, 0) is 102 Å². The molecular weight excluding hydrogens is 745 g/mol. The largest absolute Gasteiger partial charge is 0.496 e. The van der Waals surface area contributed by atoms with Gasteiger partial charge in [0.1, 0.15) is 11.5 Å². The van der Waals surface area contributed by atoms with Crippen LogP contribution < -0.4 is 19.9 Å². The van der Waals surface area contributed by atoms with Crippen molar-refractivity contribution in [2.45, 2.75) is 73.7 Å². The van der Waals surface area contributed by atoms with Crippen LogP contribution in [0.15, 0.2) is 64.0 Å². The maximum atomic E-state index is 16.2. The van der Waals surface area contributed by atoms with Crippen LogP contribution in [0.1, 0.15) is 44.1 Å². The molecule has 1 aliphatic carbocycles. The number of methoxy groups -OCH3 is 1. The van der Waals surface area contributed by atoms with Gasteiger partial charge in [-0.25, -0.2) is 13.2 Å². The summed E-state index contributed by atoms with van der Waals surface area (Å²) in [5, 5.41) is 8.46. The number of carboxylic acids is 1. The number of carbonyl (C=O) groups is 2. The molecule has 2 aliphatic rings. The molecule has 268 valence electrons. The second-order valence-electron chi connectivity index (χ2n) is 11.7. The molecule has 2 fully saturated rings. The predicted octanol–water partition coefficient (Wildman–Crippen LogP) is 5.95. The number of fused-ring (bicyclic) bond motifs is 1. The molecule has 1 atom stereocenters. The monoisotopic (exact) mass is 779 g/mol. The van der Waals surface area contributed by atoms with E-state index in [1.807, 2.05) is 6.07 Å². The molecule has 3 aromatic rings. The molecule has 1 heterocycles. The summed E-state index contributed by atoms with van der Waals surface area (Å²) in [5.41, 5.74) is 5.38. The van der Waals surface area contributed by atoms with Crippen LogP contribution in [0.2, 0.25) is 0 Å². The number of aliphatic carboxylic acids is 1. The average molecular weight is 781 g/mol. The van der Waals surface area contributed by atoms with Gasteiger partial charge in [-0.3, -0.25) is 4.79 Å². The topological polar surface area (TPSA) is 148 Å². The number of amides is 1. The molecule has 4 N–H and O–H groups in total. The molecule has 1 aliphatic heterocycles. The lowest BCUT2D eigenvalue weighted by Gasteiger charge is -2.35. The summed E-state index contributed by atoms with van der Waals surface area (Å²) in [6, 6.07) is 10.7. The minimum absolute atomic E-state index is 0.121. The number of rotatable bonds is 9. The Morgan fingerprint density at radius 1 is 0.959 bits per heavy atom. The third-order valence-corrected chi connectivity index (χ3v) is 10.3. The number of alkyl halides is 5. The first-order valence-corrected chi connectivity index (χ1v) is 17.5. The molecule has 1 saturated carbocycles. The molecule has 3 aromatic carbocycles. The smallest absolute Gasteiger partial charge is 0.490 e. The van der Waals surface area contributed by atoms with E-state index in [0.717, 1.165) is 43.2 Å². The van der Waals surface area contributed by atoms with Crippen molar-refractivity contribution >= 4 is 48.6 Å². The summed E-state index contributed by atoms with van der Waals surface area (Å²) >= 11 is 3.24. The number of nitrogens with two attached hydrogens (primary N) is 1. The van der Waals surface area contributed by atoms with Crippen molar-refractivity contribution in [3.63, 3.8) is 0 Å². The number of piperidine rings is 1. The Morgan fingerprint density at radius 3 is 2.14 bits per heavy atom. The van der Waals surface area contributed by atoms with Crippen LogP contribution in [0.3, 0.4) is 0 Å². The van der Waals surface area contributed by atoms with Gasteiger partial charge in [0.2, 0.25) is 15.9 Å². The van der Waals surface area contributed by atoms with E-state index in [4.69, 9.17) is 25.1 Å². The highest BCUT2D eigenvalue weighted by Crippen LogP contribution is 2.38. The molecule has 5 rings (SSSR count). The number of benzene rings is 3. The van der Waals surface area contributed by atoms with Crippen molar-refractivity contribution in [2.75, 3.05) is 20.2 Å². The number of sulfonamides is 1. The van der Waals surface area contributed by atoms with Gasteiger partial charge in [0.25, 0.3) is 5.92 Å². The molecule has 1 amide bonds. The summed E-state index contributed by atoms with van der Waals surface area (Å²) in [4.78, 5) is 23.5. The Balaban J connectivity index is 0.000000698. The Morgan fingerprint density at radius 2 is 1.55 bits per heavy atom. The van der Waals surface area contributed by atoms with Crippen molar-refractivity contribution in [3.05, 3.63) is 64.6 Å². The summed E-state index contributed by atoms with van der Waals surface area (Å²) in [6.45, 7) is 0.304. The summed E-state index contributed by atoms with van der Waals surface area (Å²) in [5.74, 6) is -6.88. The number of halogens is 6. The maximum absolute atomic E-state index is 16.2. The molecule has 1 saturated heterocycles. The molecule has 0 radical (unpaired) electrons. The number of hydrogen-bond donors (Lipinski definition) is 3.